The lowest BCUT2D eigenvalue weighted by atomic mass is 9.98. The van der Waals surface area contributed by atoms with Crippen LogP contribution in [-0.2, 0) is 4.74 Å². The van der Waals surface area contributed by atoms with Gasteiger partial charge in [-0.1, -0.05) is 13.3 Å². The van der Waals surface area contributed by atoms with Gasteiger partial charge in [-0.2, -0.15) is 0 Å². The third-order valence-corrected chi connectivity index (χ3v) is 3.63. The van der Waals surface area contributed by atoms with Gasteiger partial charge >= 0.3 is 0 Å². The Bertz CT molecular complexity index is 175. The molecule has 0 saturated carbocycles. The maximum Gasteiger partial charge on any atom is 0.0587 e. The maximum absolute atomic E-state index is 5.04. The van der Waals surface area contributed by atoms with Gasteiger partial charge in [0.1, 0.15) is 0 Å². The van der Waals surface area contributed by atoms with E-state index in [2.05, 4.69) is 24.1 Å². The first-order valence-electron chi connectivity index (χ1n) is 6.75. The van der Waals surface area contributed by atoms with E-state index in [0.29, 0.717) is 6.04 Å². The summed E-state index contributed by atoms with van der Waals surface area (Å²) in [6, 6.07) is 1.47. The fraction of sp³-hybridized carbons (Fsp3) is 1.00. The van der Waals surface area contributed by atoms with Crippen LogP contribution < -0.4 is 5.32 Å². The lowest BCUT2D eigenvalue weighted by Gasteiger charge is -2.39. The molecular formula is C13H28N2O. The number of hydrogen-bond donors (Lipinski definition) is 1. The van der Waals surface area contributed by atoms with Gasteiger partial charge in [0.25, 0.3) is 0 Å². The summed E-state index contributed by atoms with van der Waals surface area (Å²) in [6.07, 6.45) is 5.47. The van der Waals surface area contributed by atoms with Gasteiger partial charge in [-0.25, -0.2) is 0 Å². The lowest BCUT2D eigenvalue weighted by molar-refractivity contribution is 0.0977. The Kier molecular flexibility index (Phi) is 7.01. The number of nitrogens with zero attached hydrogens (tertiary/aromatic N) is 1. The smallest absolute Gasteiger partial charge is 0.0587 e. The Balaban J connectivity index is 2.24. The van der Waals surface area contributed by atoms with Gasteiger partial charge in [-0.05, 0) is 32.7 Å². The molecule has 1 saturated heterocycles. The summed E-state index contributed by atoms with van der Waals surface area (Å²) in [5.74, 6) is 0. The standard InChI is InChI=1S/C13H28N2O/c1-4-13-7-5-6-9-15(13)12(2)11-14-8-10-16-3/h12-14H,4-11H2,1-3H3. The van der Waals surface area contributed by atoms with E-state index in [9.17, 15) is 0 Å². The van der Waals surface area contributed by atoms with Crippen molar-refractivity contribution in [1.82, 2.24) is 10.2 Å². The second-order valence-electron chi connectivity index (χ2n) is 4.84. The fourth-order valence-electron chi connectivity index (χ4n) is 2.64. The number of ether oxygens (including phenoxy) is 1. The van der Waals surface area contributed by atoms with Crippen LogP contribution in [0.3, 0.4) is 0 Å². The Morgan fingerprint density at radius 2 is 2.25 bits per heavy atom. The van der Waals surface area contributed by atoms with Crippen LogP contribution in [-0.4, -0.2) is 50.3 Å². The van der Waals surface area contributed by atoms with Crippen LogP contribution >= 0.6 is 0 Å². The van der Waals surface area contributed by atoms with Crippen molar-refractivity contribution < 1.29 is 4.74 Å². The van der Waals surface area contributed by atoms with Gasteiger partial charge in [0, 0.05) is 32.3 Å². The van der Waals surface area contributed by atoms with Crippen LogP contribution in [0.2, 0.25) is 0 Å². The van der Waals surface area contributed by atoms with Gasteiger partial charge in [0.2, 0.25) is 0 Å². The van der Waals surface area contributed by atoms with E-state index in [1.165, 1.54) is 32.2 Å². The molecule has 2 unspecified atom stereocenters. The molecule has 3 nitrogen and oxygen atoms in total. The highest BCUT2D eigenvalue weighted by Crippen LogP contribution is 2.21. The number of methoxy groups -OCH3 is 1. The summed E-state index contributed by atoms with van der Waals surface area (Å²) >= 11 is 0. The molecule has 1 fully saturated rings. The fourth-order valence-corrected chi connectivity index (χ4v) is 2.64. The summed E-state index contributed by atoms with van der Waals surface area (Å²) < 4.78 is 5.04. The first-order valence-corrected chi connectivity index (χ1v) is 6.75. The summed E-state index contributed by atoms with van der Waals surface area (Å²) in [6.45, 7) is 8.79. The molecule has 0 bridgehead atoms. The molecule has 0 aromatic heterocycles. The summed E-state index contributed by atoms with van der Waals surface area (Å²) in [5, 5.41) is 3.46. The lowest BCUT2D eigenvalue weighted by Crippen LogP contribution is -2.48. The second kappa shape index (κ2) is 8.04. The van der Waals surface area contributed by atoms with Gasteiger partial charge in [0.05, 0.1) is 6.61 Å². The van der Waals surface area contributed by atoms with E-state index in [4.69, 9.17) is 4.74 Å². The molecule has 1 rings (SSSR count). The number of rotatable bonds is 7. The minimum Gasteiger partial charge on any atom is -0.383 e. The van der Waals surface area contributed by atoms with Crippen LogP contribution in [0.5, 0.6) is 0 Å². The monoisotopic (exact) mass is 228 g/mol. The number of nitrogens with one attached hydrogen (secondary N) is 1. The van der Waals surface area contributed by atoms with Crippen molar-refractivity contribution >= 4 is 0 Å². The van der Waals surface area contributed by atoms with Crippen LogP contribution in [0, 0.1) is 0 Å². The van der Waals surface area contributed by atoms with Gasteiger partial charge in [-0.3, -0.25) is 4.90 Å². The first-order chi connectivity index (χ1) is 7.79. The molecular weight excluding hydrogens is 200 g/mol. The second-order valence-corrected chi connectivity index (χ2v) is 4.84. The normalized spacial score (nSPS) is 24.6. The first kappa shape index (κ1) is 13.9. The van der Waals surface area contributed by atoms with Gasteiger partial charge < -0.3 is 10.1 Å². The van der Waals surface area contributed by atoms with Crippen molar-refractivity contribution in [3.63, 3.8) is 0 Å². The Hall–Kier alpha value is -0.120. The maximum atomic E-state index is 5.04. The van der Waals surface area contributed by atoms with E-state index < -0.39 is 0 Å². The van der Waals surface area contributed by atoms with Crippen molar-refractivity contribution in [3.8, 4) is 0 Å². The summed E-state index contributed by atoms with van der Waals surface area (Å²) in [5.41, 5.74) is 0. The average Bonchev–Trinajstić information content (AvgIpc) is 2.34. The third-order valence-electron chi connectivity index (χ3n) is 3.63. The van der Waals surface area contributed by atoms with Crippen LogP contribution in [0.1, 0.15) is 39.5 Å². The van der Waals surface area contributed by atoms with Crippen LogP contribution in [0.15, 0.2) is 0 Å². The summed E-state index contributed by atoms with van der Waals surface area (Å²) in [7, 11) is 1.75. The van der Waals surface area contributed by atoms with Crippen molar-refractivity contribution in [1.29, 1.82) is 0 Å². The molecule has 0 amide bonds. The molecule has 1 aliphatic heterocycles. The van der Waals surface area contributed by atoms with E-state index >= 15 is 0 Å². The van der Waals surface area contributed by atoms with Crippen molar-refractivity contribution in [2.24, 2.45) is 0 Å². The predicted molar refractivity (Wildman–Crippen MR) is 68.8 cm³/mol. The quantitative estimate of drug-likeness (QED) is 0.673. The predicted octanol–water partition coefficient (Wildman–Crippen LogP) is 1.88. The zero-order valence-corrected chi connectivity index (χ0v) is 11.2. The SMILES string of the molecule is CCC1CCCCN1C(C)CNCCOC. The van der Waals surface area contributed by atoms with E-state index in [-0.39, 0.29) is 0 Å². The topological polar surface area (TPSA) is 24.5 Å². The molecule has 0 aromatic carbocycles. The Morgan fingerprint density at radius 1 is 1.44 bits per heavy atom. The third kappa shape index (κ3) is 4.40. The average molecular weight is 228 g/mol. The van der Waals surface area contributed by atoms with Gasteiger partial charge in [-0.15, -0.1) is 0 Å². The molecule has 2 atom stereocenters. The molecule has 0 radical (unpaired) electrons. The van der Waals surface area contributed by atoms with Gasteiger partial charge in [0.15, 0.2) is 0 Å². The molecule has 1 N–H and O–H groups in total. The highest BCUT2D eigenvalue weighted by atomic mass is 16.5. The molecule has 96 valence electrons. The van der Waals surface area contributed by atoms with E-state index in [0.717, 1.165) is 25.7 Å². The van der Waals surface area contributed by atoms with E-state index in [1.807, 2.05) is 0 Å². The Morgan fingerprint density at radius 3 is 2.94 bits per heavy atom. The molecule has 0 aliphatic carbocycles. The highest BCUT2D eigenvalue weighted by Gasteiger charge is 2.24. The number of piperidine rings is 1. The van der Waals surface area contributed by atoms with Crippen molar-refractivity contribution in [2.45, 2.75) is 51.6 Å². The zero-order valence-electron chi connectivity index (χ0n) is 11.2. The molecule has 1 aliphatic rings. The summed E-state index contributed by atoms with van der Waals surface area (Å²) in [4.78, 5) is 2.68. The van der Waals surface area contributed by atoms with Crippen LogP contribution in [0.25, 0.3) is 0 Å². The zero-order chi connectivity index (χ0) is 11.8. The highest BCUT2D eigenvalue weighted by molar-refractivity contribution is 4.81. The minimum atomic E-state index is 0.655. The number of hydrogen-bond acceptors (Lipinski definition) is 3. The number of likely N-dealkylation sites (tertiary alicyclic amines) is 1. The van der Waals surface area contributed by atoms with Crippen molar-refractivity contribution in [3.05, 3.63) is 0 Å². The molecule has 3 heteroatoms. The van der Waals surface area contributed by atoms with Crippen molar-refractivity contribution in [2.75, 3.05) is 33.4 Å². The Labute approximate surface area is 101 Å². The van der Waals surface area contributed by atoms with Crippen LogP contribution in [0.4, 0.5) is 0 Å². The molecule has 16 heavy (non-hydrogen) atoms. The van der Waals surface area contributed by atoms with E-state index in [1.54, 1.807) is 7.11 Å². The molecule has 1 heterocycles. The molecule has 0 spiro atoms. The molecule has 0 aromatic rings. The minimum absolute atomic E-state index is 0.655. The largest absolute Gasteiger partial charge is 0.383 e.